The molecule has 1 aromatic heterocycles. The van der Waals surface area contributed by atoms with Crippen molar-refractivity contribution in [3.05, 3.63) is 72.3 Å². The van der Waals surface area contributed by atoms with Crippen LogP contribution >= 0.6 is 12.1 Å². The van der Waals surface area contributed by atoms with Crippen molar-refractivity contribution in [1.82, 2.24) is 8.87 Å². The first-order valence-corrected chi connectivity index (χ1v) is 12.5. The third-order valence-corrected chi connectivity index (χ3v) is 6.75. The quantitative estimate of drug-likeness (QED) is 0.210. The van der Waals surface area contributed by atoms with Gasteiger partial charge >= 0.3 is 6.36 Å². The third kappa shape index (κ3) is 5.87. The van der Waals surface area contributed by atoms with Gasteiger partial charge in [-0.25, -0.2) is 13.1 Å². The lowest BCUT2D eigenvalue weighted by molar-refractivity contribution is -0.274. The largest absolute Gasteiger partial charge is 0.573 e. The summed E-state index contributed by atoms with van der Waals surface area (Å²) in [6.07, 6.45) is -2.90. The average Bonchev–Trinajstić information content (AvgIpc) is 3.17. The van der Waals surface area contributed by atoms with E-state index in [0.29, 0.717) is 23.0 Å². The van der Waals surface area contributed by atoms with Crippen molar-refractivity contribution in [2.45, 2.75) is 39.1 Å². The molecule has 0 spiro atoms. The van der Waals surface area contributed by atoms with E-state index in [2.05, 4.69) is 18.3 Å². The summed E-state index contributed by atoms with van der Waals surface area (Å²) < 4.78 is 76.3. The van der Waals surface area contributed by atoms with Gasteiger partial charge in [-0.15, -0.1) is 13.2 Å². The number of alkyl halides is 3. The Kier molecular flexibility index (Phi) is 7.94. The second-order valence-corrected chi connectivity index (χ2v) is 9.05. The first-order valence-electron chi connectivity index (χ1n) is 11.7. The molecular formula is C26H26F5N3OS. The molecule has 0 aliphatic carbocycles. The number of anilines is 1. The molecule has 1 aliphatic heterocycles. The fourth-order valence-electron chi connectivity index (χ4n) is 4.45. The maximum atomic E-state index is 14.0. The molecule has 2 heterocycles. The van der Waals surface area contributed by atoms with Crippen LogP contribution in [0.1, 0.15) is 32.7 Å². The molecule has 0 amide bonds. The predicted molar refractivity (Wildman–Crippen MR) is 135 cm³/mol. The number of hydrogen-bond acceptors (Lipinski definition) is 4. The Morgan fingerprint density at radius 3 is 2.03 bits per heavy atom. The van der Waals surface area contributed by atoms with Gasteiger partial charge in [0.2, 0.25) is 0 Å². The monoisotopic (exact) mass is 523 g/mol. The number of nitrogens with one attached hydrogen (secondary N) is 1. The van der Waals surface area contributed by atoms with Gasteiger partial charge in [0.15, 0.2) is 0 Å². The zero-order valence-corrected chi connectivity index (χ0v) is 20.6. The Balaban J connectivity index is 0.00000148. The van der Waals surface area contributed by atoms with E-state index in [9.17, 15) is 22.0 Å². The van der Waals surface area contributed by atoms with Crippen molar-refractivity contribution in [3.63, 3.8) is 0 Å². The molecule has 0 bridgehead atoms. The molecule has 4 nitrogen and oxygen atoms in total. The Bertz CT molecular complexity index is 1260. The highest BCUT2D eigenvalue weighted by atomic mass is 32.2. The molecule has 0 radical (unpaired) electrons. The Morgan fingerprint density at radius 1 is 0.889 bits per heavy atom. The fraction of sp³-hybridized carbons (Fsp3) is 0.308. The topological polar surface area (TPSA) is 29.4 Å². The van der Waals surface area contributed by atoms with E-state index in [-0.39, 0.29) is 23.4 Å². The zero-order valence-electron chi connectivity index (χ0n) is 19.8. The fourth-order valence-corrected chi connectivity index (χ4v) is 5.29. The van der Waals surface area contributed by atoms with Crippen LogP contribution in [0.5, 0.6) is 5.75 Å². The van der Waals surface area contributed by atoms with Gasteiger partial charge in [-0.3, -0.25) is 0 Å². The Hall–Kier alpha value is -2.98. The van der Waals surface area contributed by atoms with E-state index >= 15 is 0 Å². The zero-order chi connectivity index (χ0) is 25.9. The molecule has 1 atom stereocenters. The maximum Gasteiger partial charge on any atom is 0.573 e. The van der Waals surface area contributed by atoms with Gasteiger partial charge in [-0.2, -0.15) is 0 Å². The Morgan fingerprint density at radius 2 is 1.47 bits per heavy atom. The van der Waals surface area contributed by atoms with Gasteiger partial charge in [-0.1, -0.05) is 13.8 Å². The first-order chi connectivity index (χ1) is 17.3. The molecule has 3 aromatic carbocycles. The summed E-state index contributed by atoms with van der Waals surface area (Å²) >= 11 is 1.37. The summed E-state index contributed by atoms with van der Waals surface area (Å²) in [5, 5.41) is 1.36. The smallest absolute Gasteiger partial charge is 0.406 e. The predicted octanol–water partition coefficient (Wildman–Crippen LogP) is 8.31. The standard InChI is InChI=1S/C24H20F5N3OS.C2H6/c25-15-3-9-22-20(12-15)21-13-16(26)4-10-23(21)32(22)18-2-1-11-31(14-18)34-30-17-5-7-19(8-6-17)33-24(27,28)29;1-2/h3-10,12-13,18,30H,1-2,11,14H2;1-2H3. The molecule has 1 aliphatic rings. The molecular weight excluding hydrogens is 497 g/mol. The van der Waals surface area contributed by atoms with Gasteiger partial charge in [0.1, 0.15) is 17.4 Å². The lowest BCUT2D eigenvalue weighted by Gasteiger charge is -2.33. The summed E-state index contributed by atoms with van der Waals surface area (Å²) in [6.45, 7) is 5.50. The second kappa shape index (κ2) is 11.0. The molecule has 5 rings (SSSR count). The number of rotatable bonds is 5. The van der Waals surface area contributed by atoms with Crippen LogP contribution in [0.2, 0.25) is 0 Å². The van der Waals surface area contributed by atoms with Crippen LogP contribution in [0.25, 0.3) is 21.8 Å². The van der Waals surface area contributed by atoms with Crippen molar-refractivity contribution in [2.24, 2.45) is 0 Å². The number of aromatic nitrogens is 1. The highest BCUT2D eigenvalue weighted by Crippen LogP contribution is 2.37. The van der Waals surface area contributed by atoms with E-state index < -0.39 is 6.36 Å². The summed E-state index contributed by atoms with van der Waals surface area (Å²) in [4.78, 5) is 0. The normalized spacial score (nSPS) is 16.6. The highest BCUT2D eigenvalue weighted by molar-refractivity contribution is 7.98. The number of piperidine rings is 1. The molecule has 1 fully saturated rings. The summed E-state index contributed by atoms with van der Waals surface area (Å²) in [7, 11) is 0. The van der Waals surface area contributed by atoms with Crippen molar-refractivity contribution < 1.29 is 26.7 Å². The van der Waals surface area contributed by atoms with Gasteiger partial charge < -0.3 is 14.0 Å². The van der Waals surface area contributed by atoms with E-state index in [4.69, 9.17) is 0 Å². The van der Waals surface area contributed by atoms with Gasteiger partial charge in [0.25, 0.3) is 0 Å². The highest BCUT2D eigenvalue weighted by Gasteiger charge is 2.31. The SMILES string of the molecule is CC.Fc1ccc2c(c1)c1cc(F)ccc1n2C1CCCN(SNc2ccc(OC(F)(F)F)cc2)C1. The van der Waals surface area contributed by atoms with Gasteiger partial charge in [0, 0.05) is 58.8 Å². The number of benzene rings is 3. The van der Waals surface area contributed by atoms with E-state index in [0.717, 1.165) is 30.4 Å². The molecule has 1 N–H and O–H groups in total. The van der Waals surface area contributed by atoms with Gasteiger partial charge in [0.05, 0.1) is 0 Å². The van der Waals surface area contributed by atoms with Crippen LogP contribution in [-0.2, 0) is 0 Å². The van der Waals surface area contributed by atoms with E-state index in [1.807, 2.05) is 13.8 Å². The van der Waals surface area contributed by atoms with Crippen molar-refractivity contribution in [2.75, 3.05) is 17.8 Å². The number of ether oxygens (including phenoxy) is 1. The first kappa shape index (κ1) is 26.1. The second-order valence-electron chi connectivity index (χ2n) is 8.14. The lowest BCUT2D eigenvalue weighted by Crippen LogP contribution is -2.32. The van der Waals surface area contributed by atoms with Crippen molar-refractivity contribution in [3.8, 4) is 5.75 Å². The minimum atomic E-state index is -4.73. The number of hydrogen-bond donors (Lipinski definition) is 1. The van der Waals surface area contributed by atoms with Crippen LogP contribution < -0.4 is 9.46 Å². The summed E-state index contributed by atoms with van der Waals surface area (Å²) in [5.41, 5.74) is 2.35. The number of fused-ring (bicyclic) bond motifs is 3. The van der Waals surface area contributed by atoms with Crippen LogP contribution in [0, 0.1) is 11.6 Å². The van der Waals surface area contributed by atoms with Crippen LogP contribution in [-0.4, -0.2) is 28.3 Å². The van der Waals surface area contributed by atoms with Gasteiger partial charge in [-0.05, 0) is 73.5 Å². The van der Waals surface area contributed by atoms with Crippen molar-refractivity contribution >= 4 is 39.6 Å². The van der Waals surface area contributed by atoms with Crippen LogP contribution in [0.3, 0.4) is 0 Å². The molecule has 192 valence electrons. The summed E-state index contributed by atoms with van der Waals surface area (Å²) in [6, 6.07) is 14.8. The molecule has 1 saturated heterocycles. The Labute approximate surface area is 210 Å². The van der Waals surface area contributed by atoms with Crippen LogP contribution in [0.15, 0.2) is 60.7 Å². The maximum absolute atomic E-state index is 14.0. The molecule has 0 saturated carbocycles. The third-order valence-electron chi connectivity index (χ3n) is 5.83. The summed E-state index contributed by atoms with van der Waals surface area (Å²) in [5.74, 6) is -1.01. The van der Waals surface area contributed by atoms with Crippen molar-refractivity contribution in [1.29, 1.82) is 0 Å². The van der Waals surface area contributed by atoms with Crippen LogP contribution in [0.4, 0.5) is 27.6 Å². The molecule has 1 unspecified atom stereocenters. The minimum Gasteiger partial charge on any atom is -0.406 e. The number of halogens is 5. The minimum absolute atomic E-state index is 0.0848. The lowest BCUT2D eigenvalue weighted by atomic mass is 10.1. The molecule has 36 heavy (non-hydrogen) atoms. The molecule has 4 aromatic rings. The number of nitrogens with zero attached hydrogens (tertiary/aromatic N) is 2. The molecule has 10 heteroatoms. The van der Waals surface area contributed by atoms with E-state index in [1.165, 1.54) is 60.7 Å². The average molecular weight is 524 g/mol. The van der Waals surface area contributed by atoms with E-state index in [1.54, 1.807) is 12.1 Å².